The summed E-state index contributed by atoms with van der Waals surface area (Å²) in [5.41, 5.74) is 6.96. The van der Waals surface area contributed by atoms with Crippen molar-refractivity contribution in [2.24, 2.45) is 5.73 Å². The standard InChI is InChI=1S/C29H37N5O6S/c1-7-41(36,37)18-10-17(11-18)39-26-21-13-31-24(12-20(21)22(14-32-26)29(5,30)15-38-6)33-23-9-8-19-25(34-23)16(2)28(3,4)40-27(19)35/h8-9,12-14,16-18H,7,10-11,15,30H2,1-6H3,(H,31,33,34)/t16-,17?,18?,29-/m1/s1. The molecule has 2 aliphatic rings. The second-order valence-corrected chi connectivity index (χ2v) is 14.3. The molecule has 1 fully saturated rings. The largest absolute Gasteiger partial charge is 0.474 e. The van der Waals surface area contributed by atoms with Crippen molar-refractivity contribution in [2.45, 2.75) is 75.9 Å². The highest BCUT2D eigenvalue weighted by Gasteiger charge is 2.41. The predicted octanol–water partition coefficient (Wildman–Crippen LogP) is 3.99. The Balaban J connectivity index is 1.48. The van der Waals surface area contributed by atoms with Crippen molar-refractivity contribution in [1.29, 1.82) is 0 Å². The summed E-state index contributed by atoms with van der Waals surface area (Å²) in [7, 11) is -1.51. The van der Waals surface area contributed by atoms with Crippen molar-refractivity contribution < 1.29 is 27.4 Å². The van der Waals surface area contributed by atoms with Gasteiger partial charge in [0.05, 0.1) is 34.0 Å². The van der Waals surface area contributed by atoms with Crippen LogP contribution in [0, 0.1) is 0 Å². The molecule has 3 N–H and O–H groups in total. The Kier molecular flexibility index (Phi) is 7.46. The fourth-order valence-electron chi connectivity index (χ4n) is 5.30. The molecule has 12 heteroatoms. The number of sulfone groups is 1. The third-order valence-electron chi connectivity index (χ3n) is 8.24. The Morgan fingerprint density at radius 2 is 1.90 bits per heavy atom. The number of fused-ring (bicyclic) bond motifs is 2. The van der Waals surface area contributed by atoms with Crippen LogP contribution in [0.25, 0.3) is 10.8 Å². The van der Waals surface area contributed by atoms with Gasteiger partial charge in [-0.3, -0.25) is 0 Å². The summed E-state index contributed by atoms with van der Waals surface area (Å²) < 4.78 is 41.5. The number of anilines is 2. The van der Waals surface area contributed by atoms with Gasteiger partial charge in [0.1, 0.15) is 23.3 Å². The number of methoxy groups -OCH3 is 1. The summed E-state index contributed by atoms with van der Waals surface area (Å²) in [6, 6.07) is 5.28. The number of carbonyl (C=O) groups excluding carboxylic acids is 1. The molecule has 3 aromatic heterocycles. The minimum Gasteiger partial charge on any atom is -0.474 e. The van der Waals surface area contributed by atoms with E-state index in [0.717, 1.165) is 10.9 Å². The van der Waals surface area contributed by atoms with Crippen molar-refractivity contribution >= 4 is 38.2 Å². The normalized spacial score (nSPS) is 23.2. The molecule has 3 aromatic rings. The maximum absolute atomic E-state index is 12.5. The van der Waals surface area contributed by atoms with E-state index in [1.807, 2.05) is 33.8 Å². The lowest BCUT2D eigenvalue weighted by Gasteiger charge is -2.36. The van der Waals surface area contributed by atoms with Crippen LogP contribution >= 0.6 is 0 Å². The summed E-state index contributed by atoms with van der Waals surface area (Å²) in [5, 5.41) is 4.29. The third-order valence-corrected chi connectivity index (χ3v) is 10.4. The highest BCUT2D eigenvalue weighted by Crippen LogP contribution is 2.39. The molecule has 4 heterocycles. The fourth-order valence-corrected chi connectivity index (χ4v) is 6.78. The van der Waals surface area contributed by atoms with Gasteiger partial charge in [-0.05, 0) is 44.4 Å². The first kappa shape index (κ1) is 29.2. The topological polar surface area (TPSA) is 156 Å². The predicted molar refractivity (Wildman–Crippen MR) is 155 cm³/mol. The zero-order valence-corrected chi connectivity index (χ0v) is 25.0. The molecule has 0 bridgehead atoms. The monoisotopic (exact) mass is 583 g/mol. The minimum atomic E-state index is -3.10. The van der Waals surface area contributed by atoms with Crippen LogP contribution in [-0.2, 0) is 24.8 Å². The Morgan fingerprint density at radius 1 is 1.17 bits per heavy atom. The number of carbonyl (C=O) groups is 1. The average molecular weight is 584 g/mol. The second-order valence-electron chi connectivity index (χ2n) is 11.7. The van der Waals surface area contributed by atoms with Crippen molar-refractivity contribution in [3.8, 4) is 5.88 Å². The van der Waals surface area contributed by atoms with Gasteiger partial charge in [0.2, 0.25) is 5.88 Å². The zero-order valence-electron chi connectivity index (χ0n) is 24.2. The molecule has 1 aliphatic carbocycles. The van der Waals surface area contributed by atoms with Crippen LogP contribution in [0.2, 0.25) is 0 Å². The van der Waals surface area contributed by atoms with Gasteiger partial charge in [0.25, 0.3) is 0 Å². The summed E-state index contributed by atoms with van der Waals surface area (Å²) in [5.74, 6) is 1.04. The van der Waals surface area contributed by atoms with Gasteiger partial charge in [-0.2, -0.15) is 0 Å². The quantitative estimate of drug-likeness (QED) is 0.351. The number of esters is 1. The van der Waals surface area contributed by atoms with Crippen molar-refractivity contribution in [3.63, 3.8) is 0 Å². The molecule has 0 spiro atoms. The molecule has 11 nitrogen and oxygen atoms in total. The van der Waals surface area contributed by atoms with Gasteiger partial charge in [-0.15, -0.1) is 0 Å². The number of pyridine rings is 3. The van der Waals surface area contributed by atoms with E-state index < -0.39 is 21.0 Å². The summed E-state index contributed by atoms with van der Waals surface area (Å²) in [6.45, 7) is 9.50. The maximum Gasteiger partial charge on any atom is 0.340 e. The van der Waals surface area contributed by atoms with Crippen LogP contribution < -0.4 is 15.8 Å². The zero-order chi connectivity index (χ0) is 29.7. The molecule has 0 radical (unpaired) electrons. The average Bonchev–Trinajstić information content (AvgIpc) is 2.88. The molecule has 1 aliphatic heterocycles. The number of hydrogen-bond donors (Lipinski definition) is 2. The van der Waals surface area contributed by atoms with Gasteiger partial charge in [-0.1, -0.05) is 13.8 Å². The third kappa shape index (κ3) is 5.47. The van der Waals surface area contributed by atoms with Crippen LogP contribution in [0.4, 0.5) is 11.6 Å². The minimum absolute atomic E-state index is 0.107. The Morgan fingerprint density at radius 3 is 2.59 bits per heavy atom. The second kappa shape index (κ2) is 10.5. The van der Waals surface area contributed by atoms with Gasteiger partial charge in [0.15, 0.2) is 9.84 Å². The van der Waals surface area contributed by atoms with E-state index in [0.29, 0.717) is 47.0 Å². The first-order valence-corrected chi connectivity index (χ1v) is 15.4. The summed E-state index contributed by atoms with van der Waals surface area (Å²) in [4.78, 5) is 26.4. The molecule has 1 saturated carbocycles. The summed E-state index contributed by atoms with van der Waals surface area (Å²) >= 11 is 0. The lowest BCUT2D eigenvalue weighted by atomic mass is 9.84. The molecule has 5 rings (SSSR count). The lowest BCUT2D eigenvalue weighted by Crippen LogP contribution is -2.43. The first-order valence-electron chi connectivity index (χ1n) is 13.7. The molecule has 0 amide bonds. The molecule has 220 valence electrons. The molecular formula is C29H37N5O6S. The van der Waals surface area contributed by atoms with E-state index in [2.05, 4.69) is 15.3 Å². The molecular weight excluding hydrogens is 546 g/mol. The number of nitrogens with two attached hydrogens (primary N) is 1. The van der Waals surface area contributed by atoms with Gasteiger partial charge in [0, 0.05) is 49.6 Å². The SMILES string of the molecule is CCS(=O)(=O)C1CC(Oc2ncc([C@](C)(N)COC)c3cc(Nc4ccc5c(n4)[C@@H](C)C(C)(C)OC5=O)ncc23)C1. The highest BCUT2D eigenvalue weighted by molar-refractivity contribution is 7.92. The number of hydrogen-bond acceptors (Lipinski definition) is 11. The smallest absolute Gasteiger partial charge is 0.340 e. The molecule has 2 atom stereocenters. The van der Waals surface area contributed by atoms with Crippen LogP contribution in [0.15, 0.2) is 30.6 Å². The highest BCUT2D eigenvalue weighted by atomic mass is 32.2. The molecule has 41 heavy (non-hydrogen) atoms. The van der Waals surface area contributed by atoms with Gasteiger partial charge in [-0.25, -0.2) is 28.2 Å². The van der Waals surface area contributed by atoms with Crippen LogP contribution in [0.1, 0.15) is 75.0 Å². The van der Waals surface area contributed by atoms with Gasteiger partial charge >= 0.3 is 5.97 Å². The Bertz CT molecular complexity index is 1600. The van der Waals surface area contributed by atoms with Gasteiger partial charge < -0.3 is 25.3 Å². The first-order chi connectivity index (χ1) is 19.3. The number of nitrogens with one attached hydrogen (secondary N) is 1. The Hall–Kier alpha value is -3.35. The van der Waals surface area contributed by atoms with E-state index in [9.17, 15) is 13.2 Å². The van der Waals surface area contributed by atoms with E-state index in [4.69, 9.17) is 24.9 Å². The maximum atomic E-state index is 12.5. The number of aromatic nitrogens is 3. The van der Waals surface area contributed by atoms with E-state index in [-0.39, 0.29) is 35.6 Å². The van der Waals surface area contributed by atoms with Crippen LogP contribution in [0.5, 0.6) is 5.88 Å². The van der Waals surface area contributed by atoms with E-state index in [1.165, 1.54) is 0 Å². The lowest BCUT2D eigenvalue weighted by molar-refractivity contribution is -0.0189. The number of rotatable bonds is 9. The van der Waals surface area contributed by atoms with E-state index in [1.54, 1.807) is 38.6 Å². The number of nitrogens with zero attached hydrogens (tertiary/aromatic N) is 3. The summed E-state index contributed by atoms with van der Waals surface area (Å²) in [6.07, 6.45) is 3.94. The van der Waals surface area contributed by atoms with Crippen molar-refractivity contribution in [1.82, 2.24) is 15.0 Å². The fraction of sp³-hybridized carbons (Fsp3) is 0.517. The molecule has 0 aromatic carbocycles. The number of cyclic esters (lactones) is 1. The molecule has 0 saturated heterocycles. The molecule has 0 unspecified atom stereocenters. The number of ether oxygens (including phenoxy) is 3. The van der Waals surface area contributed by atoms with Crippen LogP contribution in [-0.4, -0.2) is 65.8 Å². The Labute approximate surface area is 240 Å². The van der Waals surface area contributed by atoms with Crippen LogP contribution in [0.3, 0.4) is 0 Å². The van der Waals surface area contributed by atoms with Crippen molar-refractivity contribution in [2.75, 3.05) is 24.8 Å². The van der Waals surface area contributed by atoms with E-state index >= 15 is 0 Å². The van der Waals surface area contributed by atoms with Crippen molar-refractivity contribution in [3.05, 3.63) is 47.4 Å².